The summed E-state index contributed by atoms with van der Waals surface area (Å²) in [5, 5.41) is 0. The highest BCUT2D eigenvalue weighted by molar-refractivity contribution is 7.91. The molecule has 2 heterocycles. The van der Waals surface area contributed by atoms with E-state index >= 15 is 19.2 Å². The Hall–Kier alpha value is -9.68. The van der Waals surface area contributed by atoms with Crippen LogP contribution >= 0.6 is 0 Å². The third-order valence-electron chi connectivity index (χ3n) is 16.8. The van der Waals surface area contributed by atoms with Gasteiger partial charge in [-0.15, -0.1) is 0 Å². The molecular formula is C76H80N4O24S4. The van der Waals surface area contributed by atoms with E-state index in [4.69, 9.17) is 56.8 Å². The third-order valence-corrected chi connectivity index (χ3v) is 22.2. The molecule has 8 aromatic rings. The first-order valence-electron chi connectivity index (χ1n) is 34.5. The topological polar surface area (TPSA) is 364 Å². The molecule has 0 spiro atoms. The lowest BCUT2D eigenvalue weighted by Gasteiger charge is -2.25. The molecular weight excluding hydrogens is 1480 g/mol. The molecule has 0 unspecified atom stereocenters. The van der Waals surface area contributed by atoms with Gasteiger partial charge in [0.1, 0.15) is 49.4 Å². The van der Waals surface area contributed by atoms with Crippen LogP contribution in [0.25, 0.3) is 0 Å². The largest absolute Gasteiger partial charge is 0.491 e. The van der Waals surface area contributed by atoms with Gasteiger partial charge in [0.2, 0.25) is 0 Å². The van der Waals surface area contributed by atoms with E-state index < -0.39 is 89.4 Å². The second-order valence-electron chi connectivity index (χ2n) is 24.5. The summed E-state index contributed by atoms with van der Waals surface area (Å²) in [6.07, 6.45) is -1.69. The van der Waals surface area contributed by atoms with E-state index in [9.17, 15) is 33.7 Å². The molecule has 0 aromatic heterocycles. The molecule has 28 nitrogen and oxygen atoms in total. The molecule has 0 atom stereocenters. The predicted molar refractivity (Wildman–Crippen MR) is 390 cm³/mol. The van der Waals surface area contributed by atoms with Gasteiger partial charge in [-0.3, -0.25) is 19.2 Å². The Bertz CT molecular complexity index is 4230. The molecule has 0 radical (unpaired) electrons. The standard InChI is InChI=1S/C76H80N4O24S4/c81-73(77-105(85,86)65-13-5-1-6-14-65)61-45-53-41-55-47-62(74(82)78-106(87,88)66-15-7-2-8-16-66)49-57-43-59-51-64(76(84)80-108(91,92)68-19-11-4-12-20-68)52-60-44-58-50-63(75(83)79-107(89,90)67-17-9-3-10-18-67)48-56(71(58)103-39-35-99-31-27-95-24-23-94-26-30-98-34-38-102-70(55)57)42-54(46-61)69(53)101-37-33-97-29-25-93-21-22-96-28-32-100-36-40-104-72(59)60/h1-20,45-52H,21-44H2,(H,77,81)(H,78,82)(H,79,83)(H,80,84). The Morgan fingerprint density at radius 2 is 0.370 bits per heavy atom. The molecule has 0 saturated heterocycles. The summed E-state index contributed by atoms with van der Waals surface area (Å²) >= 11 is 0. The average molecular weight is 1560 g/mol. The zero-order chi connectivity index (χ0) is 75.9. The van der Waals surface area contributed by atoms with Crippen molar-refractivity contribution in [1.82, 2.24) is 18.9 Å². The summed E-state index contributed by atoms with van der Waals surface area (Å²) in [7, 11) is -18.5. The Labute approximate surface area is 625 Å². The number of rotatable bonds is 12. The molecule has 4 amide bonds. The number of sulfonamides is 4. The Balaban J connectivity index is 1.23. The van der Waals surface area contributed by atoms with Crippen LogP contribution in [0.3, 0.4) is 0 Å². The van der Waals surface area contributed by atoms with Crippen LogP contribution in [0.15, 0.2) is 189 Å². The quantitative estimate of drug-likeness (QED) is 0.101. The smallest absolute Gasteiger partial charge is 0.265 e. The molecule has 12 bridgehead atoms. The fourth-order valence-corrected chi connectivity index (χ4v) is 15.8. The summed E-state index contributed by atoms with van der Waals surface area (Å²) in [6.45, 7) is 0.564. The van der Waals surface area contributed by atoms with Gasteiger partial charge in [-0.25, -0.2) is 52.6 Å². The average Bonchev–Trinajstić information content (AvgIpc) is 0.766. The van der Waals surface area contributed by atoms with Crippen LogP contribution in [-0.4, -0.2) is 189 Å². The fraction of sp³-hybridized carbons (Fsp3) is 0.316. The van der Waals surface area contributed by atoms with Crippen molar-refractivity contribution < 1.29 is 110 Å². The lowest BCUT2D eigenvalue weighted by Crippen LogP contribution is -2.31. The minimum atomic E-state index is -4.62. The molecule has 0 fully saturated rings. The SMILES string of the molecule is O=C(NS(=O)(=O)c1ccccc1)c1cc2c3c(c1)Cc1cc(C(=O)NS(=O)(=O)c4ccccc4)cc4c1OCCOCCOCCOCCOCCOc1c(cc(C(=O)NS(=O)(=O)c5ccccc5)cc1Cc1cc(C(=O)NS(=O)(=O)c5ccccc5)cc(c1OCCOCCOCCOCCOCCO3)C4)C2. The van der Waals surface area contributed by atoms with Crippen LogP contribution in [0.5, 0.6) is 23.0 Å². The van der Waals surface area contributed by atoms with Gasteiger partial charge < -0.3 is 56.8 Å². The summed E-state index contributed by atoms with van der Waals surface area (Å²) < 4.78 is 197. The first-order chi connectivity index (χ1) is 52.2. The summed E-state index contributed by atoms with van der Waals surface area (Å²) in [5.41, 5.74) is -0.311. The molecule has 32 heteroatoms. The van der Waals surface area contributed by atoms with Crippen LogP contribution in [0, 0.1) is 0 Å². The van der Waals surface area contributed by atoms with Crippen molar-refractivity contribution in [2.24, 2.45) is 0 Å². The van der Waals surface area contributed by atoms with Gasteiger partial charge in [0.05, 0.1) is 125 Å². The molecule has 8 aromatic carbocycles. The normalized spacial score (nSPS) is 16.1. The van der Waals surface area contributed by atoms with E-state index in [1.54, 1.807) is 24.3 Å². The van der Waals surface area contributed by atoms with Gasteiger partial charge in [0, 0.05) is 47.9 Å². The number of hydrogen-bond donors (Lipinski definition) is 4. The number of carbonyl (C=O) groups is 4. The Morgan fingerprint density at radius 1 is 0.222 bits per heavy atom. The molecule has 4 N–H and O–H groups in total. The molecule has 11 rings (SSSR count). The second-order valence-corrected chi connectivity index (χ2v) is 31.2. The fourth-order valence-electron chi connectivity index (χ4n) is 11.8. The van der Waals surface area contributed by atoms with Crippen LogP contribution in [-0.2, 0) is 104 Å². The molecule has 3 aliphatic rings. The first-order valence-corrected chi connectivity index (χ1v) is 40.4. The monoisotopic (exact) mass is 1560 g/mol. The van der Waals surface area contributed by atoms with E-state index in [-0.39, 0.29) is 241 Å². The van der Waals surface area contributed by atoms with Crippen molar-refractivity contribution in [1.29, 1.82) is 0 Å². The zero-order valence-electron chi connectivity index (χ0n) is 58.6. The van der Waals surface area contributed by atoms with Crippen LogP contribution in [0.2, 0.25) is 0 Å². The van der Waals surface area contributed by atoms with E-state index in [1.165, 1.54) is 146 Å². The minimum absolute atomic E-state index is 0.0246. The van der Waals surface area contributed by atoms with Crippen molar-refractivity contribution in [2.75, 3.05) is 132 Å². The lowest BCUT2D eigenvalue weighted by molar-refractivity contribution is -0.00706. The van der Waals surface area contributed by atoms with Crippen molar-refractivity contribution in [2.45, 2.75) is 45.3 Å². The number of benzene rings is 8. The molecule has 2 aliphatic heterocycles. The van der Waals surface area contributed by atoms with Gasteiger partial charge in [-0.1, -0.05) is 72.8 Å². The number of ether oxygens (including phenoxy) is 12. The first kappa shape index (κ1) is 79.4. The number of nitrogens with one attached hydrogen (secondary N) is 4. The molecule has 0 saturated carbocycles. The maximum absolute atomic E-state index is 15.1. The third kappa shape index (κ3) is 21.8. The highest BCUT2D eigenvalue weighted by atomic mass is 32.2. The van der Waals surface area contributed by atoms with Crippen molar-refractivity contribution in [3.63, 3.8) is 0 Å². The van der Waals surface area contributed by atoms with Gasteiger partial charge in [-0.05, 0) is 142 Å². The van der Waals surface area contributed by atoms with Crippen LogP contribution in [0.1, 0.15) is 85.9 Å². The van der Waals surface area contributed by atoms with Gasteiger partial charge in [-0.2, -0.15) is 0 Å². The maximum atomic E-state index is 15.1. The summed E-state index contributed by atoms with van der Waals surface area (Å²) in [5.74, 6) is -4.46. The highest BCUT2D eigenvalue weighted by Gasteiger charge is 2.31. The Kier molecular flexibility index (Phi) is 27.9. The van der Waals surface area contributed by atoms with E-state index in [0.29, 0.717) is 0 Å². The van der Waals surface area contributed by atoms with Crippen molar-refractivity contribution in [3.05, 3.63) is 237 Å². The predicted octanol–water partition coefficient (Wildman–Crippen LogP) is 6.51. The number of hydrogen-bond acceptors (Lipinski definition) is 24. The summed E-state index contributed by atoms with van der Waals surface area (Å²) in [4.78, 5) is 59.5. The van der Waals surface area contributed by atoms with Crippen LogP contribution in [0.4, 0.5) is 0 Å². The van der Waals surface area contributed by atoms with Crippen molar-refractivity contribution >= 4 is 63.7 Å². The summed E-state index contributed by atoms with van der Waals surface area (Å²) in [6, 6.07) is 39.4. The zero-order valence-corrected chi connectivity index (χ0v) is 61.8. The lowest BCUT2D eigenvalue weighted by atomic mass is 9.88. The van der Waals surface area contributed by atoms with Crippen molar-refractivity contribution in [3.8, 4) is 23.0 Å². The van der Waals surface area contributed by atoms with Gasteiger partial charge >= 0.3 is 0 Å². The molecule has 108 heavy (non-hydrogen) atoms. The van der Waals surface area contributed by atoms with E-state index in [0.717, 1.165) is 0 Å². The highest BCUT2D eigenvalue weighted by Crippen LogP contribution is 2.42. The minimum Gasteiger partial charge on any atom is -0.491 e. The van der Waals surface area contributed by atoms with Gasteiger partial charge in [0.15, 0.2) is 0 Å². The maximum Gasteiger partial charge on any atom is 0.265 e. The van der Waals surface area contributed by atoms with Gasteiger partial charge in [0.25, 0.3) is 63.7 Å². The van der Waals surface area contributed by atoms with Crippen LogP contribution < -0.4 is 37.8 Å². The van der Waals surface area contributed by atoms with E-state index in [1.807, 2.05) is 0 Å². The second kappa shape index (κ2) is 37.9. The molecule has 1 aliphatic carbocycles. The molecule has 572 valence electrons. The Morgan fingerprint density at radius 3 is 0.528 bits per heavy atom. The van der Waals surface area contributed by atoms with E-state index in [2.05, 4.69) is 18.9 Å². The number of amides is 4. The number of carbonyl (C=O) groups excluding carboxylic acids is 4.